The second-order valence-corrected chi connectivity index (χ2v) is 5.12. The second-order valence-electron chi connectivity index (χ2n) is 5.12. The molecule has 0 atom stereocenters. The van der Waals surface area contributed by atoms with Crippen LogP contribution in [0.15, 0.2) is 18.2 Å². The maximum atomic E-state index is 8.95. The van der Waals surface area contributed by atoms with Crippen LogP contribution in [-0.4, -0.2) is 13.2 Å². The normalized spacial score (nSPS) is 14.4. The lowest BCUT2D eigenvalue weighted by molar-refractivity contribution is 0.288. The van der Waals surface area contributed by atoms with E-state index in [0.717, 1.165) is 30.9 Å². The van der Waals surface area contributed by atoms with Crippen LogP contribution >= 0.6 is 0 Å². The Morgan fingerprint density at radius 2 is 2.29 bits per heavy atom. The Balaban J connectivity index is 2.05. The average Bonchev–Trinajstić information content (AvgIpc) is 2.36. The first-order valence-corrected chi connectivity index (χ1v) is 6.02. The Kier molecular flexibility index (Phi) is 3.23. The molecule has 0 amide bonds. The first-order valence-electron chi connectivity index (χ1n) is 6.02. The zero-order valence-electron chi connectivity index (χ0n) is 10.4. The van der Waals surface area contributed by atoms with Gasteiger partial charge in [0, 0.05) is 12.2 Å². The van der Waals surface area contributed by atoms with E-state index in [1.54, 1.807) is 0 Å². The maximum Gasteiger partial charge on any atom is 0.122 e. The number of benzene rings is 1. The van der Waals surface area contributed by atoms with Crippen LogP contribution in [0.5, 0.6) is 5.75 Å². The molecule has 1 aliphatic rings. The summed E-state index contributed by atoms with van der Waals surface area (Å²) in [6.07, 6.45) is 2.16. The van der Waals surface area contributed by atoms with Crippen molar-refractivity contribution in [2.24, 2.45) is 5.41 Å². The van der Waals surface area contributed by atoms with Crippen LogP contribution in [0.4, 0.5) is 5.69 Å². The molecule has 1 aromatic carbocycles. The SMILES string of the molecule is CC(C)(C#N)CNc1ccc2c(c1)CCCO2. The van der Waals surface area contributed by atoms with Crippen molar-refractivity contribution in [3.8, 4) is 11.8 Å². The van der Waals surface area contributed by atoms with E-state index in [-0.39, 0.29) is 5.41 Å². The van der Waals surface area contributed by atoms with E-state index in [4.69, 9.17) is 10.00 Å². The summed E-state index contributed by atoms with van der Waals surface area (Å²) < 4.78 is 5.56. The number of hydrogen-bond donors (Lipinski definition) is 1. The molecule has 1 aliphatic heterocycles. The van der Waals surface area contributed by atoms with Crippen molar-refractivity contribution in [2.45, 2.75) is 26.7 Å². The highest BCUT2D eigenvalue weighted by Crippen LogP contribution is 2.28. The van der Waals surface area contributed by atoms with Crippen molar-refractivity contribution in [3.63, 3.8) is 0 Å². The molecule has 17 heavy (non-hydrogen) atoms. The third-order valence-electron chi connectivity index (χ3n) is 2.95. The van der Waals surface area contributed by atoms with Crippen LogP contribution in [0.25, 0.3) is 0 Å². The first-order chi connectivity index (χ1) is 8.11. The zero-order chi connectivity index (χ0) is 12.3. The number of nitrogens with zero attached hydrogens (tertiary/aromatic N) is 1. The lowest BCUT2D eigenvalue weighted by Gasteiger charge is -2.20. The van der Waals surface area contributed by atoms with Crippen LogP contribution in [0.3, 0.4) is 0 Å². The van der Waals surface area contributed by atoms with Crippen molar-refractivity contribution in [1.29, 1.82) is 5.26 Å². The van der Waals surface area contributed by atoms with Crippen molar-refractivity contribution < 1.29 is 4.74 Å². The van der Waals surface area contributed by atoms with Gasteiger partial charge in [0.2, 0.25) is 0 Å². The van der Waals surface area contributed by atoms with Gasteiger partial charge in [0.25, 0.3) is 0 Å². The maximum absolute atomic E-state index is 8.95. The fourth-order valence-corrected chi connectivity index (χ4v) is 1.83. The number of ether oxygens (including phenoxy) is 1. The minimum Gasteiger partial charge on any atom is -0.493 e. The monoisotopic (exact) mass is 230 g/mol. The number of fused-ring (bicyclic) bond motifs is 1. The van der Waals surface area contributed by atoms with Crippen LogP contribution in [0, 0.1) is 16.7 Å². The predicted octanol–water partition coefficient (Wildman–Crippen LogP) is 2.97. The molecule has 0 saturated heterocycles. The van der Waals surface area contributed by atoms with Crippen LogP contribution in [0.1, 0.15) is 25.8 Å². The van der Waals surface area contributed by atoms with Gasteiger partial charge < -0.3 is 10.1 Å². The van der Waals surface area contributed by atoms with Crippen molar-refractivity contribution in [2.75, 3.05) is 18.5 Å². The van der Waals surface area contributed by atoms with Crippen molar-refractivity contribution in [1.82, 2.24) is 0 Å². The van der Waals surface area contributed by atoms with Gasteiger partial charge in [-0.1, -0.05) is 0 Å². The molecule has 1 heterocycles. The Morgan fingerprint density at radius 3 is 3.06 bits per heavy atom. The standard InChI is InChI=1S/C14H18N2O/c1-14(2,9-15)10-16-12-5-6-13-11(8-12)4-3-7-17-13/h5-6,8,16H,3-4,7,10H2,1-2H3. The number of nitriles is 1. The molecule has 3 heteroatoms. The van der Waals surface area contributed by atoms with Crippen LogP contribution < -0.4 is 10.1 Å². The molecule has 1 aromatic rings. The number of hydrogen-bond acceptors (Lipinski definition) is 3. The summed E-state index contributed by atoms with van der Waals surface area (Å²) in [5, 5.41) is 12.3. The van der Waals surface area contributed by atoms with Gasteiger partial charge in [0.15, 0.2) is 0 Å². The fourth-order valence-electron chi connectivity index (χ4n) is 1.83. The predicted molar refractivity (Wildman–Crippen MR) is 68.1 cm³/mol. The van der Waals surface area contributed by atoms with E-state index in [9.17, 15) is 0 Å². The number of rotatable bonds is 3. The zero-order valence-corrected chi connectivity index (χ0v) is 10.4. The molecule has 0 aromatic heterocycles. The summed E-state index contributed by atoms with van der Waals surface area (Å²) in [4.78, 5) is 0. The van der Waals surface area contributed by atoms with Crippen molar-refractivity contribution >= 4 is 5.69 Å². The van der Waals surface area contributed by atoms with Crippen molar-refractivity contribution in [3.05, 3.63) is 23.8 Å². The quantitative estimate of drug-likeness (QED) is 0.868. The molecule has 0 spiro atoms. The van der Waals surface area contributed by atoms with E-state index >= 15 is 0 Å². The molecule has 0 saturated carbocycles. The van der Waals surface area contributed by atoms with Gasteiger partial charge in [0.05, 0.1) is 18.1 Å². The third-order valence-corrected chi connectivity index (χ3v) is 2.95. The topological polar surface area (TPSA) is 45.0 Å². The highest BCUT2D eigenvalue weighted by atomic mass is 16.5. The van der Waals surface area contributed by atoms with E-state index < -0.39 is 0 Å². The lowest BCUT2D eigenvalue weighted by Crippen LogP contribution is -2.21. The van der Waals surface area contributed by atoms with Gasteiger partial charge in [-0.25, -0.2) is 0 Å². The highest BCUT2D eigenvalue weighted by Gasteiger charge is 2.16. The minimum atomic E-state index is -0.341. The van der Waals surface area contributed by atoms with Crippen LogP contribution in [-0.2, 0) is 6.42 Å². The number of aryl methyl sites for hydroxylation is 1. The van der Waals surface area contributed by atoms with Gasteiger partial charge >= 0.3 is 0 Å². The summed E-state index contributed by atoms with van der Waals surface area (Å²) in [6, 6.07) is 8.44. The van der Waals surface area contributed by atoms with Gasteiger partial charge in [-0.2, -0.15) is 5.26 Å². The fraction of sp³-hybridized carbons (Fsp3) is 0.500. The van der Waals surface area contributed by atoms with Gasteiger partial charge in [-0.05, 0) is 50.5 Å². The largest absolute Gasteiger partial charge is 0.493 e. The second kappa shape index (κ2) is 4.67. The number of anilines is 1. The Labute approximate surface area is 102 Å². The molecular formula is C14H18N2O. The molecule has 0 aliphatic carbocycles. The van der Waals surface area contributed by atoms with E-state index in [1.165, 1.54) is 5.56 Å². The molecular weight excluding hydrogens is 212 g/mol. The molecule has 0 radical (unpaired) electrons. The Hall–Kier alpha value is -1.69. The van der Waals surface area contributed by atoms with E-state index in [0.29, 0.717) is 6.54 Å². The van der Waals surface area contributed by atoms with Gasteiger partial charge in [-0.3, -0.25) is 0 Å². The Morgan fingerprint density at radius 1 is 1.47 bits per heavy atom. The number of nitrogens with one attached hydrogen (secondary N) is 1. The highest BCUT2D eigenvalue weighted by molar-refractivity contribution is 5.52. The first kappa shape index (κ1) is 11.8. The molecule has 0 bridgehead atoms. The summed E-state index contributed by atoms with van der Waals surface area (Å²) in [6.45, 7) is 5.34. The van der Waals surface area contributed by atoms with E-state index in [2.05, 4.69) is 17.5 Å². The average molecular weight is 230 g/mol. The summed E-state index contributed by atoms with van der Waals surface area (Å²) in [5.74, 6) is 1.00. The molecule has 0 fully saturated rings. The van der Waals surface area contributed by atoms with Crippen LogP contribution in [0.2, 0.25) is 0 Å². The summed E-state index contributed by atoms with van der Waals surface area (Å²) >= 11 is 0. The lowest BCUT2D eigenvalue weighted by atomic mass is 9.96. The molecule has 1 N–H and O–H groups in total. The molecule has 3 nitrogen and oxygen atoms in total. The molecule has 2 rings (SSSR count). The van der Waals surface area contributed by atoms with E-state index in [1.807, 2.05) is 26.0 Å². The minimum absolute atomic E-state index is 0.341. The summed E-state index contributed by atoms with van der Waals surface area (Å²) in [7, 11) is 0. The third kappa shape index (κ3) is 2.91. The molecule has 90 valence electrons. The summed E-state index contributed by atoms with van der Waals surface area (Å²) in [5.41, 5.74) is 1.99. The smallest absolute Gasteiger partial charge is 0.122 e. The Bertz CT molecular complexity index is 446. The van der Waals surface area contributed by atoms with Gasteiger partial charge in [-0.15, -0.1) is 0 Å². The van der Waals surface area contributed by atoms with Gasteiger partial charge in [0.1, 0.15) is 5.75 Å². The molecule has 0 unspecified atom stereocenters.